The highest BCUT2D eigenvalue weighted by Crippen LogP contribution is 2.69. The Balaban J connectivity index is 2.04. The van der Waals surface area contributed by atoms with Crippen molar-refractivity contribution in [2.45, 2.75) is 47.5 Å². The van der Waals surface area contributed by atoms with Crippen LogP contribution in [0.5, 0.6) is 0 Å². The van der Waals surface area contributed by atoms with Gasteiger partial charge in [-0.2, -0.15) is 0 Å². The predicted octanol–water partition coefficient (Wildman–Crippen LogP) is 3.21. The Morgan fingerprint density at radius 3 is 2.26 bits per heavy atom. The van der Waals surface area contributed by atoms with Gasteiger partial charge in [-0.05, 0) is 49.3 Å². The molecule has 2 aliphatic rings. The Bertz CT molecular complexity index is 749. The summed E-state index contributed by atoms with van der Waals surface area (Å²) >= 11 is 0. The van der Waals surface area contributed by atoms with Crippen LogP contribution in [0.15, 0.2) is 18.2 Å². The fourth-order valence-corrected chi connectivity index (χ4v) is 4.39. The van der Waals surface area contributed by atoms with Crippen LogP contribution in [0.3, 0.4) is 0 Å². The highest BCUT2D eigenvalue weighted by Gasteiger charge is 2.77. The van der Waals surface area contributed by atoms with Crippen LogP contribution in [-0.4, -0.2) is 17.5 Å². The molecular formula is C19H23NO3. The third kappa shape index (κ3) is 1.64. The van der Waals surface area contributed by atoms with E-state index in [9.17, 15) is 14.4 Å². The summed E-state index contributed by atoms with van der Waals surface area (Å²) in [5.74, 6) is -1.24. The van der Waals surface area contributed by atoms with Crippen molar-refractivity contribution in [3.05, 3.63) is 29.3 Å². The molecule has 1 aromatic carbocycles. The Labute approximate surface area is 136 Å². The molecule has 2 saturated carbocycles. The number of Topliss-reactive ketones (excluding diaryl/α,β-unsaturated/α-hetero) is 2. The zero-order chi connectivity index (χ0) is 17.2. The minimum absolute atomic E-state index is 0.337. The van der Waals surface area contributed by atoms with Gasteiger partial charge < -0.3 is 5.32 Å². The van der Waals surface area contributed by atoms with Gasteiger partial charge in [-0.25, -0.2) is 0 Å². The molecule has 4 heteroatoms. The van der Waals surface area contributed by atoms with Gasteiger partial charge in [0, 0.05) is 11.1 Å². The molecule has 2 atom stereocenters. The van der Waals surface area contributed by atoms with Crippen LogP contribution in [0.25, 0.3) is 0 Å². The second-order valence-corrected chi connectivity index (χ2v) is 7.72. The molecule has 1 aromatic rings. The van der Waals surface area contributed by atoms with Crippen LogP contribution < -0.4 is 5.32 Å². The lowest BCUT2D eigenvalue weighted by Gasteiger charge is -2.37. The largest absolute Gasteiger partial charge is 0.325 e. The molecule has 1 amide bonds. The average Bonchev–Trinajstić information content (AvgIpc) is 2.76. The van der Waals surface area contributed by atoms with Crippen molar-refractivity contribution in [1.82, 2.24) is 0 Å². The molecule has 0 aliphatic heterocycles. The number of nitrogens with one attached hydrogen (secondary N) is 1. The van der Waals surface area contributed by atoms with Crippen LogP contribution in [0.4, 0.5) is 5.69 Å². The first-order chi connectivity index (χ1) is 10.6. The number of hydrogen-bond acceptors (Lipinski definition) is 3. The predicted molar refractivity (Wildman–Crippen MR) is 88.1 cm³/mol. The summed E-state index contributed by atoms with van der Waals surface area (Å²) in [7, 11) is 0. The maximum atomic E-state index is 13.1. The van der Waals surface area contributed by atoms with Gasteiger partial charge in [0.1, 0.15) is 5.41 Å². The quantitative estimate of drug-likeness (QED) is 0.673. The van der Waals surface area contributed by atoms with E-state index in [1.54, 1.807) is 0 Å². The minimum Gasteiger partial charge on any atom is -0.325 e. The van der Waals surface area contributed by atoms with Crippen molar-refractivity contribution in [1.29, 1.82) is 0 Å². The lowest BCUT2D eigenvalue weighted by Crippen LogP contribution is -2.47. The first kappa shape index (κ1) is 15.9. The van der Waals surface area contributed by atoms with E-state index in [4.69, 9.17) is 0 Å². The molecule has 1 N–H and O–H groups in total. The average molecular weight is 313 g/mol. The van der Waals surface area contributed by atoms with Gasteiger partial charge >= 0.3 is 0 Å². The molecule has 3 rings (SSSR count). The van der Waals surface area contributed by atoms with E-state index < -0.39 is 22.0 Å². The third-order valence-corrected chi connectivity index (χ3v) is 6.78. The van der Waals surface area contributed by atoms with Gasteiger partial charge in [0.25, 0.3) is 0 Å². The second kappa shape index (κ2) is 4.53. The maximum absolute atomic E-state index is 13.1. The second-order valence-electron chi connectivity index (χ2n) is 7.72. The first-order valence-electron chi connectivity index (χ1n) is 8.06. The van der Waals surface area contributed by atoms with Crippen molar-refractivity contribution >= 4 is 23.2 Å². The molecule has 23 heavy (non-hydrogen) atoms. The lowest BCUT2D eigenvalue weighted by atomic mass is 9.64. The van der Waals surface area contributed by atoms with E-state index in [-0.39, 0.29) is 11.7 Å². The van der Waals surface area contributed by atoms with Crippen molar-refractivity contribution in [3.8, 4) is 0 Å². The standard InChI is InChI=1S/C19H23NO3/c1-11-7-6-8-13(12(11)2)20-16(23)19-10-9-18(5,17(19,3)4)14(21)15(19)22/h6-8H,9-10H2,1-5H3,(H,20,23). The molecule has 0 saturated heterocycles. The Kier molecular flexibility index (Phi) is 3.13. The summed E-state index contributed by atoms with van der Waals surface area (Å²) in [5.41, 5.74) is 0.117. The first-order valence-corrected chi connectivity index (χ1v) is 8.06. The van der Waals surface area contributed by atoms with Gasteiger partial charge in [0.05, 0.1) is 0 Å². The molecule has 0 radical (unpaired) electrons. The molecule has 4 nitrogen and oxygen atoms in total. The number of carbonyl (C=O) groups excluding carboxylic acids is 3. The highest BCUT2D eigenvalue weighted by molar-refractivity contribution is 6.49. The Morgan fingerprint density at radius 1 is 1.04 bits per heavy atom. The summed E-state index contributed by atoms with van der Waals surface area (Å²) in [6.07, 6.45) is 1.03. The molecule has 0 heterocycles. The number of amides is 1. The number of benzene rings is 1. The number of ketones is 2. The van der Waals surface area contributed by atoms with E-state index in [1.807, 2.05) is 52.8 Å². The van der Waals surface area contributed by atoms with Crippen molar-refractivity contribution < 1.29 is 14.4 Å². The fourth-order valence-electron chi connectivity index (χ4n) is 4.39. The van der Waals surface area contributed by atoms with E-state index in [0.717, 1.165) is 11.1 Å². The zero-order valence-corrected chi connectivity index (χ0v) is 14.4. The Hall–Kier alpha value is -1.97. The van der Waals surface area contributed by atoms with Gasteiger partial charge in [0.2, 0.25) is 17.5 Å². The summed E-state index contributed by atoms with van der Waals surface area (Å²) in [4.78, 5) is 38.2. The fraction of sp³-hybridized carbons (Fsp3) is 0.526. The van der Waals surface area contributed by atoms with Crippen LogP contribution in [-0.2, 0) is 14.4 Å². The molecule has 0 spiro atoms. The minimum atomic E-state index is -1.24. The molecule has 2 aliphatic carbocycles. The topological polar surface area (TPSA) is 63.2 Å². The van der Waals surface area contributed by atoms with Crippen molar-refractivity contribution in [2.75, 3.05) is 5.32 Å². The summed E-state index contributed by atoms with van der Waals surface area (Å²) in [5, 5.41) is 2.92. The number of rotatable bonds is 2. The van der Waals surface area contributed by atoms with Crippen molar-refractivity contribution in [2.24, 2.45) is 16.2 Å². The molecule has 2 fully saturated rings. The normalized spacial score (nSPS) is 31.5. The molecule has 2 unspecified atom stereocenters. The van der Waals surface area contributed by atoms with Crippen LogP contribution in [0.1, 0.15) is 44.7 Å². The SMILES string of the molecule is Cc1cccc(NC(=O)C23CCC(C)(C(=O)C2=O)C3(C)C)c1C. The number of fused-ring (bicyclic) bond motifs is 2. The van der Waals surface area contributed by atoms with Gasteiger partial charge in [-0.1, -0.05) is 32.9 Å². The summed E-state index contributed by atoms with van der Waals surface area (Å²) in [6, 6.07) is 5.69. The molecule has 2 bridgehead atoms. The smallest absolute Gasteiger partial charge is 0.239 e. The molecule has 0 aromatic heterocycles. The monoisotopic (exact) mass is 313 g/mol. The van der Waals surface area contributed by atoms with Gasteiger partial charge in [-0.3, -0.25) is 14.4 Å². The maximum Gasteiger partial charge on any atom is 0.239 e. The summed E-state index contributed by atoms with van der Waals surface area (Å²) in [6.45, 7) is 9.50. The Morgan fingerprint density at radius 2 is 1.70 bits per heavy atom. The van der Waals surface area contributed by atoms with Crippen LogP contribution >= 0.6 is 0 Å². The van der Waals surface area contributed by atoms with Crippen LogP contribution in [0, 0.1) is 30.1 Å². The van der Waals surface area contributed by atoms with Crippen molar-refractivity contribution in [3.63, 3.8) is 0 Å². The summed E-state index contributed by atoms with van der Waals surface area (Å²) < 4.78 is 0. The van der Waals surface area contributed by atoms with E-state index in [0.29, 0.717) is 18.5 Å². The van der Waals surface area contributed by atoms with Gasteiger partial charge in [-0.15, -0.1) is 0 Å². The van der Waals surface area contributed by atoms with E-state index >= 15 is 0 Å². The zero-order valence-electron chi connectivity index (χ0n) is 14.4. The number of hydrogen-bond donors (Lipinski definition) is 1. The number of aryl methyl sites for hydroxylation is 1. The number of carbonyl (C=O) groups is 3. The highest BCUT2D eigenvalue weighted by atomic mass is 16.2. The van der Waals surface area contributed by atoms with Crippen LogP contribution in [0.2, 0.25) is 0 Å². The lowest BCUT2D eigenvalue weighted by molar-refractivity contribution is -0.147. The number of anilines is 1. The van der Waals surface area contributed by atoms with E-state index in [2.05, 4.69) is 5.32 Å². The van der Waals surface area contributed by atoms with Gasteiger partial charge in [0.15, 0.2) is 0 Å². The third-order valence-electron chi connectivity index (χ3n) is 6.78. The van der Waals surface area contributed by atoms with E-state index in [1.165, 1.54) is 0 Å². The molecule has 122 valence electrons. The molecular weight excluding hydrogens is 290 g/mol.